The van der Waals surface area contributed by atoms with E-state index in [4.69, 9.17) is 13.9 Å². The molecule has 2 aliphatic heterocycles. The van der Waals surface area contributed by atoms with Crippen LogP contribution in [0.3, 0.4) is 0 Å². The molecule has 5 atom stereocenters. The van der Waals surface area contributed by atoms with Gasteiger partial charge in [-0.25, -0.2) is 8.42 Å². The van der Waals surface area contributed by atoms with Gasteiger partial charge >= 0.3 is 0 Å². The number of likely N-dealkylation sites (N-methyl/N-ethyl adjacent to an activating group) is 1. The highest BCUT2D eigenvalue weighted by Gasteiger charge is 2.74. The number of rotatable bonds is 6. The van der Waals surface area contributed by atoms with E-state index in [1.807, 2.05) is 18.2 Å². The van der Waals surface area contributed by atoms with Crippen LogP contribution in [0.25, 0.3) is 6.08 Å². The Labute approximate surface area is 249 Å². The van der Waals surface area contributed by atoms with E-state index in [0.29, 0.717) is 17.9 Å². The molecule has 3 aromatic rings. The van der Waals surface area contributed by atoms with Crippen molar-refractivity contribution in [3.05, 3.63) is 83.3 Å². The number of hydrogen-bond donors (Lipinski definition) is 1. The zero-order chi connectivity index (χ0) is 30.1. The van der Waals surface area contributed by atoms with Crippen molar-refractivity contribution in [1.29, 1.82) is 5.26 Å². The molecule has 0 unspecified atom stereocenters. The molecule has 43 heavy (non-hydrogen) atoms. The molecule has 2 bridgehead atoms. The van der Waals surface area contributed by atoms with Gasteiger partial charge in [0.1, 0.15) is 12.2 Å². The third-order valence-corrected chi connectivity index (χ3v) is 12.0. The minimum atomic E-state index is -4.13. The molecule has 1 N–H and O–H groups in total. The Morgan fingerprint density at radius 2 is 2.05 bits per heavy atom. The molecule has 1 saturated carbocycles. The Kier molecular flexibility index (Phi) is 6.25. The van der Waals surface area contributed by atoms with E-state index in [9.17, 15) is 23.6 Å². The number of methoxy groups -OCH3 is 1. The summed E-state index contributed by atoms with van der Waals surface area (Å²) in [7, 11) is -0.834. The molecule has 11 heteroatoms. The number of ether oxygens (including phenoxy) is 2. The summed E-state index contributed by atoms with van der Waals surface area (Å²) < 4.78 is 47.2. The fourth-order valence-electron chi connectivity index (χ4n) is 8.04. The van der Waals surface area contributed by atoms with Gasteiger partial charge in [0.2, 0.25) is 15.9 Å². The van der Waals surface area contributed by atoms with Gasteiger partial charge in [-0.1, -0.05) is 18.2 Å². The molecule has 3 heterocycles. The van der Waals surface area contributed by atoms with Gasteiger partial charge in [0.15, 0.2) is 11.5 Å². The smallest absolute Gasteiger partial charge is 0.246 e. The number of aliphatic hydroxyl groups is 1. The van der Waals surface area contributed by atoms with E-state index in [2.05, 4.69) is 0 Å². The summed E-state index contributed by atoms with van der Waals surface area (Å²) in [6.07, 6.45) is 6.83. The lowest BCUT2D eigenvalue weighted by atomic mass is 9.48. The molecule has 10 nitrogen and oxygen atoms in total. The molecule has 222 valence electrons. The van der Waals surface area contributed by atoms with Gasteiger partial charge in [0.25, 0.3) is 0 Å². The molecule has 2 fully saturated rings. The lowest BCUT2D eigenvalue weighted by Gasteiger charge is -2.64. The van der Waals surface area contributed by atoms with E-state index in [1.165, 1.54) is 28.8 Å². The number of benzene rings is 2. The first-order chi connectivity index (χ1) is 20.7. The average molecular weight is 602 g/mol. The monoisotopic (exact) mass is 601 g/mol. The first kappa shape index (κ1) is 27.7. The van der Waals surface area contributed by atoms with Crippen molar-refractivity contribution < 1.29 is 32.2 Å². The lowest BCUT2D eigenvalue weighted by Crippen LogP contribution is -2.78. The predicted molar refractivity (Wildman–Crippen MR) is 155 cm³/mol. The van der Waals surface area contributed by atoms with Crippen LogP contribution < -0.4 is 9.47 Å². The summed E-state index contributed by atoms with van der Waals surface area (Å²) in [6, 6.07) is 12.5. The van der Waals surface area contributed by atoms with E-state index in [-0.39, 0.29) is 42.2 Å². The zero-order valence-electron chi connectivity index (χ0n) is 23.8. The first-order valence-electron chi connectivity index (χ1n) is 14.2. The van der Waals surface area contributed by atoms with Crippen LogP contribution in [-0.4, -0.2) is 73.1 Å². The number of piperidine rings is 1. The maximum atomic E-state index is 14.2. The first-order valence-corrected chi connectivity index (χ1v) is 15.7. The van der Waals surface area contributed by atoms with Crippen molar-refractivity contribution in [2.24, 2.45) is 0 Å². The summed E-state index contributed by atoms with van der Waals surface area (Å²) in [5, 5.41) is 22.5. The summed E-state index contributed by atoms with van der Waals surface area (Å²) in [6.45, 7) is 0.121. The Bertz CT molecular complexity index is 1800. The van der Waals surface area contributed by atoms with Crippen LogP contribution in [0.2, 0.25) is 0 Å². The van der Waals surface area contributed by atoms with Gasteiger partial charge in [0, 0.05) is 30.8 Å². The fraction of sp³-hybridized carbons (Fsp3) is 0.375. The standard InChI is InChI=1S/C32H31N3O7S/c1-34(27(36)10-7-20-12-16-41-19-20)23-11-13-32(37)26-17-21-8-9-24(40-2)29-28(21)31(32,30(23)42-29)14-15-35(26)43(38,39)25-6-4-3-5-22(25)18-33/h3-10,12,16,19,23,26,30,37H,11,13-15,17H2,1-2H3/b10-7+/t23-,26-,30+,31+,32-/m1/s1. The number of nitrogens with zero attached hydrogens (tertiary/aromatic N) is 3. The van der Waals surface area contributed by atoms with Crippen LogP contribution in [0.15, 0.2) is 70.4 Å². The fourth-order valence-corrected chi connectivity index (χ4v) is 9.85. The SMILES string of the molecule is COc1ccc2c3c1O[C@H]1[C@H](N(C)C(=O)/C=C/c4ccoc4)CC[C@@]4(O)[C@@H](C2)N(S(=O)(=O)c2ccccc2C#N)CC[C@]314. The molecule has 2 aliphatic carbocycles. The molecule has 0 radical (unpaired) electrons. The molecular formula is C32H31N3O7S. The van der Waals surface area contributed by atoms with E-state index in [1.54, 1.807) is 49.6 Å². The highest BCUT2D eigenvalue weighted by Crippen LogP contribution is 2.66. The van der Waals surface area contributed by atoms with Crippen LogP contribution in [0, 0.1) is 11.3 Å². The van der Waals surface area contributed by atoms with Crippen molar-refractivity contribution >= 4 is 22.0 Å². The number of furan rings is 1. The minimum absolute atomic E-state index is 0.0624. The minimum Gasteiger partial charge on any atom is -0.493 e. The molecule has 2 aromatic carbocycles. The van der Waals surface area contributed by atoms with Gasteiger partial charge in [0.05, 0.1) is 53.2 Å². The summed E-state index contributed by atoms with van der Waals surface area (Å²) in [5.74, 6) is 0.865. The van der Waals surface area contributed by atoms with E-state index in [0.717, 1.165) is 16.7 Å². The number of carbonyl (C=O) groups is 1. The van der Waals surface area contributed by atoms with Crippen LogP contribution in [0.4, 0.5) is 0 Å². The Hall–Kier alpha value is -4.11. The summed E-state index contributed by atoms with van der Waals surface area (Å²) >= 11 is 0. The Morgan fingerprint density at radius 1 is 1.23 bits per heavy atom. The van der Waals surface area contributed by atoms with Crippen molar-refractivity contribution in [2.75, 3.05) is 20.7 Å². The summed E-state index contributed by atoms with van der Waals surface area (Å²) in [5.41, 5.74) is 0.107. The molecule has 1 aromatic heterocycles. The quantitative estimate of drug-likeness (QED) is 0.426. The molecule has 1 amide bonds. The Balaban J connectivity index is 1.33. The second-order valence-electron chi connectivity index (χ2n) is 11.7. The highest BCUT2D eigenvalue weighted by molar-refractivity contribution is 7.89. The van der Waals surface area contributed by atoms with E-state index >= 15 is 0 Å². The number of carbonyl (C=O) groups excluding carboxylic acids is 1. The largest absolute Gasteiger partial charge is 0.493 e. The molecular weight excluding hydrogens is 570 g/mol. The van der Waals surface area contributed by atoms with Gasteiger partial charge in [-0.2, -0.15) is 9.57 Å². The number of amides is 1. The van der Waals surface area contributed by atoms with Crippen molar-refractivity contribution in [3.63, 3.8) is 0 Å². The second-order valence-corrected chi connectivity index (χ2v) is 13.6. The lowest BCUT2D eigenvalue weighted by molar-refractivity contribution is -0.186. The number of hydrogen-bond acceptors (Lipinski definition) is 8. The molecule has 1 saturated heterocycles. The van der Waals surface area contributed by atoms with Gasteiger partial charge < -0.3 is 23.9 Å². The molecule has 7 rings (SSSR count). The third-order valence-electron chi connectivity index (χ3n) is 9.99. The van der Waals surface area contributed by atoms with Crippen molar-refractivity contribution in [3.8, 4) is 17.6 Å². The van der Waals surface area contributed by atoms with Gasteiger partial charge in [-0.05, 0) is 61.6 Å². The topological polar surface area (TPSA) is 133 Å². The van der Waals surface area contributed by atoms with Crippen LogP contribution in [-0.2, 0) is 26.7 Å². The van der Waals surface area contributed by atoms with Crippen molar-refractivity contribution in [1.82, 2.24) is 9.21 Å². The van der Waals surface area contributed by atoms with Gasteiger partial charge in [-0.15, -0.1) is 0 Å². The zero-order valence-corrected chi connectivity index (χ0v) is 24.6. The number of nitriles is 1. The average Bonchev–Trinajstić information content (AvgIpc) is 3.65. The Morgan fingerprint density at radius 3 is 2.79 bits per heavy atom. The predicted octanol–water partition coefficient (Wildman–Crippen LogP) is 3.24. The summed E-state index contributed by atoms with van der Waals surface area (Å²) in [4.78, 5) is 15.0. The number of sulfonamides is 1. The normalized spacial score (nSPS) is 29.0. The molecule has 4 aliphatic rings. The maximum absolute atomic E-state index is 14.2. The highest BCUT2D eigenvalue weighted by atomic mass is 32.2. The van der Waals surface area contributed by atoms with Gasteiger partial charge in [-0.3, -0.25) is 4.79 Å². The third kappa shape index (κ3) is 3.70. The second kappa shape index (κ2) is 9.71. The van der Waals surface area contributed by atoms with Crippen LogP contribution in [0.1, 0.15) is 41.5 Å². The maximum Gasteiger partial charge on any atom is 0.246 e. The molecule has 1 spiro atoms. The van der Waals surface area contributed by atoms with Crippen LogP contribution in [0.5, 0.6) is 11.5 Å². The van der Waals surface area contributed by atoms with Crippen LogP contribution >= 0.6 is 0 Å². The van der Waals surface area contributed by atoms with E-state index < -0.39 is 39.2 Å². The van der Waals surface area contributed by atoms with Crippen molar-refractivity contribution in [2.45, 2.75) is 59.8 Å².